The highest BCUT2D eigenvalue weighted by atomic mass is 32.2. The van der Waals surface area contributed by atoms with E-state index in [-0.39, 0.29) is 28.4 Å². The van der Waals surface area contributed by atoms with Gasteiger partial charge in [-0.05, 0) is 37.3 Å². The van der Waals surface area contributed by atoms with Gasteiger partial charge in [0.05, 0.1) is 16.4 Å². The maximum atomic E-state index is 12.7. The summed E-state index contributed by atoms with van der Waals surface area (Å²) >= 11 is 0. The van der Waals surface area contributed by atoms with E-state index in [1.807, 2.05) is 0 Å². The minimum absolute atomic E-state index is 0.193. The van der Waals surface area contributed by atoms with E-state index in [1.54, 1.807) is 4.90 Å². The fourth-order valence-corrected chi connectivity index (χ4v) is 4.93. The van der Waals surface area contributed by atoms with Gasteiger partial charge in [0.25, 0.3) is 5.69 Å². The molecule has 0 aromatic heterocycles. The van der Waals surface area contributed by atoms with Crippen molar-refractivity contribution in [1.82, 2.24) is 14.5 Å². The molecule has 0 saturated carbocycles. The Morgan fingerprint density at radius 1 is 1.33 bits per heavy atom. The highest BCUT2D eigenvalue weighted by Gasteiger charge is 2.38. The first-order valence-corrected chi connectivity index (χ1v) is 10.4. The van der Waals surface area contributed by atoms with Crippen molar-refractivity contribution in [3.05, 3.63) is 34.4 Å². The second-order valence-electron chi connectivity index (χ2n) is 7.32. The standard InChI is InChI=1S/C17H24N4O5S/c1-19(27(25,26)15-4-2-3-14(11-15)21(23)24)12-16(22)20-9-6-17(7-10-20)5-8-18-13-17/h2-4,11,18H,5-10,12-13H2,1H3. The summed E-state index contributed by atoms with van der Waals surface area (Å²) in [7, 11) is -2.66. The van der Waals surface area contributed by atoms with Crippen LogP contribution in [0.15, 0.2) is 29.2 Å². The van der Waals surface area contributed by atoms with E-state index >= 15 is 0 Å². The molecular weight excluding hydrogens is 372 g/mol. The molecule has 9 nitrogen and oxygen atoms in total. The summed E-state index contributed by atoms with van der Waals surface area (Å²) in [5, 5.41) is 14.2. The molecule has 1 aromatic rings. The third-order valence-corrected chi connectivity index (χ3v) is 7.40. The molecule has 148 valence electrons. The van der Waals surface area contributed by atoms with E-state index in [9.17, 15) is 23.3 Å². The number of amides is 1. The molecular formula is C17H24N4O5S. The van der Waals surface area contributed by atoms with E-state index in [2.05, 4.69) is 5.32 Å². The number of rotatable bonds is 5. The lowest BCUT2D eigenvalue weighted by molar-refractivity contribution is -0.385. The smallest absolute Gasteiger partial charge is 0.270 e. The van der Waals surface area contributed by atoms with Crippen LogP contribution in [-0.2, 0) is 14.8 Å². The average Bonchev–Trinajstić information content (AvgIpc) is 3.10. The highest BCUT2D eigenvalue weighted by Crippen LogP contribution is 2.36. The molecule has 1 N–H and O–H groups in total. The first-order valence-electron chi connectivity index (χ1n) is 8.93. The van der Waals surface area contributed by atoms with Gasteiger partial charge in [-0.25, -0.2) is 8.42 Å². The van der Waals surface area contributed by atoms with Crippen molar-refractivity contribution in [2.24, 2.45) is 5.41 Å². The van der Waals surface area contributed by atoms with Crippen LogP contribution in [0.5, 0.6) is 0 Å². The Hall–Kier alpha value is -2.04. The molecule has 10 heteroatoms. The molecule has 0 unspecified atom stereocenters. The minimum atomic E-state index is -3.98. The number of nitro groups is 1. The minimum Gasteiger partial charge on any atom is -0.342 e. The van der Waals surface area contributed by atoms with Crippen LogP contribution in [0, 0.1) is 15.5 Å². The number of hydrogen-bond acceptors (Lipinski definition) is 6. The lowest BCUT2D eigenvalue weighted by atomic mass is 9.78. The molecule has 3 rings (SSSR count). The molecule has 1 spiro atoms. The van der Waals surface area contributed by atoms with Gasteiger partial charge in [-0.15, -0.1) is 0 Å². The van der Waals surface area contributed by atoms with Crippen molar-refractivity contribution < 1.29 is 18.1 Å². The van der Waals surface area contributed by atoms with E-state index < -0.39 is 14.9 Å². The largest absolute Gasteiger partial charge is 0.342 e. The zero-order chi connectivity index (χ0) is 19.7. The summed E-state index contributed by atoms with van der Waals surface area (Å²) in [6, 6.07) is 4.85. The van der Waals surface area contributed by atoms with Crippen LogP contribution in [0.1, 0.15) is 19.3 Å². The van der Waals surface area contributed by atoms with Crippen LogP contribution in [-0.4, -0.2) is 68.2 Å². The molecule has 0 aliphatic carbocycles. The molecule has 2 heterocycles. The molecule has 27 heavy (non-hydrogen) atoms. The number of likely N-dealkylation sites (tertiary alicyclic amines) is 1. The molecule has 2 aliphatic heterocycles. The monoisotopic (exact) mass is 396 g/mol. The number of nitrogens with zero attached hydrogens (tertiary/aromatic N) is 3. The van der Waals surface area contributed by atoms with Gasteiger partial charge in [-0.1, -0.05) is 6.07 Å². The molecule has 0 radical (unpaired) electrons. The number of likely N-dealkylation sites (N-methyl/N-ethyl adjacent to an activating group) is 1. The highest BCUT2D eigenvalue weighted by molar-refractivity contribution is 7.89. The van der Waals surface area contributed by atoms with Gasteiger partial charge in [0.1, 0.15) is 0 Å². The van der Waals surface area contributed by atoms with Gasteiger partial charge in [0, 0.05) is 38.8 Å². The summed E-state index contributed by atoms with van der Waals surface area (Å²) in [4.78, 5) is 24.3. The molecule has 2 saturated heterocycles. The van der Waals surface area contributed by atoms with Crippen LogP contribution in [0.25, 0.3) is 0 Å². The Morgan fingerprint density at radius 2 is 2.04 bits per heavy atom. The van der Waals surface area contributed by atoms with Gasteiger partial charge < -0.3 is 10.2 Å². The number of nitro benzene ring substituents is 1. The maximum Gasteiger partial charge on any atom is 0.270 e. The Labute approximate surface area is 158 Å². The van der Waals surface area contributed by atoms with Gasteiger partial charge in [-0.3, -0.25) is 14.9 Å². The van der Waals surface area contributed by atoms with Crippen LogP contribution >= 0.6 is 0 Å². The molecule has 1 amide bonds. The second kappa shape index (κ2) is 7.53. The molecule has 2 fully saturated rings. The second-order valence-corrected chi connectivity index (χ2v) is 9.37. The van der Waals surface area contributed by atoms with Gasteiger partial charge >= 0.3 is 0 Å². The zero-order valence-electron chi connectivity index (χ0n) is 15.3. The van der Waals surface area contributed by atoms with E-state index in [0.717, 1.165) is 42.7 Å². The van der Waals surface area contributed by atoms with E-state index in [0.29, 0.717) is 13.1 Å². The number of sulfonamides is 1. The third-order valence-electron chi connectivity index (χ3n) is 5.60. The Bertz CT molecular complexity index is 825. The van der Waals surface area contributed by atoms with E-state index in [1.165, 1.54) is 25.2 Å². The average molecular weight is 396 g/mol. The SMILES string of the molecule is CN(CC(=O)N1CCC2(CCNC2)CC1)S(=O)(=O)c1cccc([N+](=O)[O-])c1. The van der Waals surface area contributed by atoms with Crippen LogP contribution < -0.4 is 5.32 Å². The van der Waals surface area contributed by atoms with Crippen molar-refractivity contribution in [3.8, 4) is 0 Å². The van der Waals surface area contributed by atoms with Crippen LogP contribution in [0.3, 0.4) is 0 Å². The van der Waals surface area contributed by atoms with Crippen LogP contribution in [0.2, 0.25) is 0 Å². The number of carbonyl (C=O) groups is 1. The number of nitrogens with one attached hydrogen (secondary N) is 1. The molecule has 0 atom stereocenters. The quantitative estimate of drug-likeness (QED) is 0.582. The summed E-state index contributed by atoms with van der Waals surface area (Å²) in [6.45, 7) is 2.97. The Morgan fingerprint density at radius 3 is 2.63 bits per heavy atom. The normalized spacial score (nSPS) is 19.6. The maximum absolute atomic E-state index is 12.7. The topological polar surface area (TPSA) is 113 Å². The number of hydrogen-bond donors (Lipinski definition) is 1. The lowest BCUT2D eigenvalue weighted by Gasteiger charge is -2.39. The van der Waals surface area contributed by atoms with Crippen molar-refractivity contribution in [3.63, 3.8) is 0 Å². The number of benzene rings is 1. The lowest BCUT2D eigenvalue weighted by Crippen LogP contribution is -2.47. The first-order chi connectivity index (χ1) is 12.7. The van der Waals surface area contributed by atoms with Gasteiger partial charge in [0.2, 0.25) is 15.9 Å². The van der Waals surface area contributed by atoms with E-state index in [4.69, 9.17) is 0 Å². The fraction of sp³-hybridized carbons (Fsp3) is 0.588. The summed E-state index contributed by atoms with van der Waals surface area (Å²) < 4.78 is 26.3. The Balaban J connectivity index is 1.64. The molecule has 0 bridgehead atoms. The van der Waals surface area contributed by atoms with Crippen LogP contribution in [0.4, 0.5) is 5.69 Å². The fourth-order valence-electron chi connectivity index (χ4n) is 3.77. The number of non-ortho nitro benzene ring substituents is 1. The number of carbonyl (C=O) groups excluding carboxylic acids is 1. The van der Waals surface area contributed by atoms with Crippen molar-refractivity contribution in [2.45, 2.75) is 24.2 Å². The zero-order valence-corrected chi connectivity index (χ0v) is 16.1. The van der Waals surface area contributed by atoms with Crippen molar-refractivity contribution in [2.75, 3.05) is 39.8 Å². The van der Waals surface area contributed by atoms with Crippen molar-refractivity contribution in [1.29, 1.82) is 0 Å². The predicted octanol–water partition coefficient (Wildman–Crippen LogP) is 0.817. The van der Waals surface area contributed by atoms with Gasteiger partial charge in [-0.2, -0.15) is 4.31 Å². The molecule has 2 aliphatic rings. The summed E-state index contributed by atoms with van der Waals surface area (Å²) in [5.74, 6) is -0.243. The number of piperidine rings is 1. The predicted molar refractivity (Wildman–Crippen MR) is 98.6 cm³/mol. The first kappa shape index (κ1) is 19.7. The van der Waals surface area contributed by atoms with Gasteiger partial charge in [0.15, 0.2) is 0 Å². The summed E-state index contributed by atoms with van der Waals surface area (Å²) in [5.41, 5.74) is -0.0279. The molecule has 1 aromatic carbocycles. The Kier molecular flexibility index (Phi) is 5.50. The third kappa shape index (κ3) is 4.12. The summed E-state index contributed by atoms with van der Waals surface area (Å²) in [6.07, 6.45) is 2.97. The van der Waals surface area contributed by atoms with Crippen molar-refractivity contribution >= 4 is 21.6 Å².